The molecule has 4 atom stereocenters. The highest BCUT2D eigenvalue weighted by Gasteiger charge is 2.44. The zero-order chi connectivity index (χ0) is 29.8. The number of fused-ring (bicyclic) bond motifs is 1. The number of aromatic nitrogens is 1. The van der Waals surface area contributed by atoms with Crippen molar-refractivity contribution in [2.24, 2.45) is 11.1 Å². The largest absolute Gasteiger partial charge is 0.471 e. The number of likely N-dealkylation sites (tertiary alicyclic amines) is 1. The second-order valence-corrected chi connectivity index (χ2v) is 12.3. The summed E-state index contributed by atoms with van der Waals surface area (Å²) >= 11 is 0. The summed E-state index contributed by atoms with van der Waals surface area (Å²) in [5.74, 6) is 0.773. The van der Waals surface area contributed by atoms with Crippen molar-refractivity contribution >= 4 is 29.6 Å². The molecule has 0 aromatic carbocycles. The van der Waals surface area contributed by atoms with Crippen LogP contribution in [0, 0.1) is 12.8 Å². The number of carbonyl (C=O) groups is 2. The molecule has 1 spiro atoms. The van der Waals surface area contributed by atoms with Gasteiger partial charge in [0.05, 0.1) is 11.4 Å². The van der Waals surface area contributed by atoms with Crippen LogP contribution in [0.4, 0.5) is 0 Å². The Balaban J connectivity index is 1.06. The van der Waals surface area contributed by atoms with Crippen LogP contribution in [0.1, 0.15) is 63.5 Å². The Morgan fingerprint density at radius 2 is 2.05 bits per heavy atom. The fourth-order valence-electron chi connectivity index (χ4n) is 6.30. The van der Waals surface area contributed by atoms with Gasteiger partial charge in [0.15, 0.2) is 12.0 Å². The number of ether oxygens (including phenoxy) is 2. The quantitative estimate of drug-likeness (QED) is 0.328. The SMILES string of the molecule is Cc1ccc2c(n1)=CCC(C1=CNC([C@H](CCCCCC(=O)C3NC=CO3)NC(=O)C3=NOC4(CCN(C)CC4)C3)O1)C=2. The predicted molar refractivity (Wildman–Crippen MR) is 161 cm³/mol. The minimum atomic E-state index is -0.574. The van der Waals surface area contributed by atoms with Crippen LogP contribution in [0.3, 0.4) is 0 Å². The summed E-state index contributed by atoms with van der Waals surface area (Å²) in [6.45, 7) is 3.86. The number of pyridine rings is 1. The molecular weight excluding hydrogens is 548 g/mol. The molecule has 230 valence electrons. The normalized spacial score (nSPS) is 25.9. The third-order valence-electron chi connectivity index (χ3n) is 9.00. The van der Waals surface area contributed by atoms with Gasteiger partial charge in [-0.25, -0.2) is 0 Å². The molecule has 4 aliphatic heterocycles. The molecule has 0 bridgehead atoms. The van der Waals surface area contributed by atoms with Gasteiger partial charge >= 0.3 is 0 Å². The van der Waals surface area contributed by atoms with Gasteiger partial charge in [0, 0.05) is 62.8 Å². The van der Waals surface area contributed by atoms with Crippen molar-refractivity contribution in [2.75, 3.05) is 20.1 Å². The van der Waals surface area contributed by atoms with E-state index in [2.05, 4.69) is 56.3 Å². The monoisotopic (exact) mass is 590 g/mol. The molecule has 3 N–H and O–H groups in total. The number of aryl methyl sites for hydroxylation is 1. The van der Waals surface area contributed by atoms with E-state index in [9.17, 15) is 9.59 Å². The maximum Gasteiger partial charge on any atom is 0.269 e. The van der Waals surface area contributed by atoms with Crippen LogP contribution < -0.4 is 26.5 Å². The molecule has 1 aromatic rings. The van der Waals surface area contributed by atoms with E-state index in [4.69, 9.17) is 14.3 Å². The van der Waals surface area contributed by atoms with Crippen molar-refractivity contribution in [1.82, 2.24) is 25.8 Å². The van der Waals surface area contributed by atoms with Gasteiger partial charge in [-0.15, -0.1) is 0 Å². The summed E-state index contributed by atoms with van der Waals surface area (Å²) in [6.07, 6.45) is 15.0. The summed E-state index contributed by atoms with van der Waals surface area (Å²) in [7, 11) is 2.10. The molecule has 1 aliphatic carbocycles. The topological polar surface area (TPSA) is 126 Å². The van der Waals surface area contributed by atoms with E-state index < -0.39 is 12.5 Å². The summed E-state index contributed by atoms with van der Waals surface area (Å²) < 4.78 is 11.7. The lowest BCUT2D eigenvalue weighted by molar-refractivity contribution is -0.127. The summed E-state index contributed by atoms with van der Waals surface area (Å²) in [6, 6.07) is 3.83. The third-order valence-corrected chi connectivity index (χ3v) is 9.00. The van der Waals surface area contributed by atoms with E-state index in [0.717, 1.165) is 73.6 Å². The molecule has 6 rings (SSSR count). The number of amides is 1. The van der Waals surface area contributed by atoms with Crippen molar-refractivity contribution < 1.29 is 23.9 Å². The first-order valence-electron chi connectivity index (χ1n) is 15.5. The molecule has 1 amide bonds. The average Bonchev–Trinajstić information content (AvgIpc) is 3.80. The van der Waals surface area contributed by atoms with Gasteiger partial charge in [0.25, 0.3) is 5.91 Å². The van der Waals surface area contributed by atoms with Gasteiger partial charge in [0.1, 0.15) is 23.3 Å². The van der Waals surface area contributed by atoms with Gasteiger partial charge in [0.2, 0.25) is 6.23 Å². The lowest BCUT2D eigenvalue weighted by Gasteiger charge is -2.35. The third kappa shape index (κ3) is 6.87. The Hall–Kier alpha value is -3.86. The molecule has 1 aromatic heterocycles. The van der Waals surface area contributed by atoms with Crippen LogP contribution >= 0.6 is 0 Å². The van der Waals surface area contributed by atoms with Crippen molar-refractivity contribution in [3.05, 3.63) is 52.8 Å². The van der Waals surface area contributed by atoms with Crippen LogP contribution in [-0.2, 0) is 23.9 Å². The standard InChI is InChI=1S/C32H42N6O5/c1-21-8-9-22-18-23(10-11-24(22)35-21)28-20-34-30(42-28)25(6-4-3-5-7-27(39)31-33-14-17-41-31)36-29(40)26-19-32(43-37-26)12-15-38(2)16-13-32/h8-9,11,14,17-18,20,23,25,30-31,33-34H,3-7,10,12-13,15-16,19H2,1-2H3,(H,36,40)/t23?,25-,30?,31?/m0/s1. The maximum atomic E-state index is 13.5. The first kappa shape index (κ1) is 29.2. The number of piperidine rings is 1. The molecule has 43 heavy (non-hydrogen) atoms. The van der Waals surface area contributed by atoms with E-state index in [1.807, 2.05) is 19.2 Å². The number of unbranched alkanes of at least 4 members (excludes halogenated alkanes) is 2. The zero-order valence-corrected chi connectivity index (χ0v) is 25.0. The number of hydrogen-bond acceptors (Lipinski definition) is 10. The second-order valence-electron chi connectivity index (χ2n) is 12.3. The first-order chi connectivity index (χ1) is 20.9. The molecule has 1 saturated heterocycles. The van der Waals surface area contributed by atoms with Crippen molar-refractivity contribution in [3.63, 3.8) is 0 Å². The minimum Gasteiger partial charge on any atom is -0.471 e. The number of nitrogens with one attached hydrogen (secondary N) is 3. The highest BCUT2D eigenvalue weighted by Crippen LogP contribution is 2.34. The van der Waals surface area contributed by atoms with Crippen LogP contribution in [0.2, 0.25) is 0 Å². The number of nitrogens with zero attached hydrogens (tertiary/aromatic N) is 3. The zero-order valence-electron chi connectivity index (χ0n) is 25.0. The van der Waals surface area contributed by atoms with Crippen molar-refractivity contribution in [2.45, 2.75) is 88.8 Å². The van der Waals surface area contributed by atoms with Crippen LogP contribution in [0.5, 0.6) is 0 Å². The molecule has 5 heterocycles. The Kier molecular flexibility index (Phi) is 8.69. The number of allylic oxidation sites excluding steroid dienone is 1. The fraction of sp³-hybridized carbons (Fsp3) is 0.562. The molecule has 5 aliphatic rings. The minimum absolute atomic E-state index is 0.0408. The van der Waals surface area contributed by atoms with Gasteiger partial charge in [-0.05, 0) is 44.5 Å². The van der Waals surface area contributed by atoms with Crippen LogP contribution in [0.15, 0.2) is 41.7 Å². The smallest absolute Gasteiger partial charge is 0.269 e. The van der Waals surface area contributed by atoms with E-state index in [0.29, 0.717) is 25.0 Å². The highest BCUT2D eigenvalue weighted by molar-refractivity contribution is 6.39. The number of Topliss-reactive ketones (excluding diaryl/α,β-unsaturated/α-hetero) is 1. The maximum absolute atomic E-state index is 13.5. The lowest BCUT2D eigenvalue weighted by atomic mass is 9.87. The van der Waals surface area contributed by atoms with Crippen molar-refractivity contribution in [1.29, 1.82) is 0 Å². The number of hydrogen-bond donors (Lipinski definition) is 3. The van der Waals surface area contributed by atoms with E-state index in [-0.39, 0.29) is 29.3 Å². The van der Waals surface area contributed by atoms with Gasteiger partial charge < -0.3 is 35.2 Å². The molecule has 11 heteroatoms. The van der Waals surface area contributed by atoms with Gasteiger partial charge in [-0.2, -0.15) is 0 Å². The van der Waals surface area contributed by atoms with E-state index in [1.54, 1.807) is 6.20 Å². The fourth-order valence-corrected chi connectivity index (χ4v) is 6.30. The van der Waals surface area contributed by atoms with E-state index in [1.165, 1.54) is 6.26 Å². The molecule has 0 saturated carbocycles. The van der Waals surface area contributed by atoms with E-state index >= 15 is 0 Å². The summed E-state index contributed by atoms with van der Waals surface area (Å²) in [5.41, 5.74) is 1.07. The van der Waals surface area contributed by atoms with Crippen LogP contribution in [-0.4, -0.2) is 71.5 Å². The summed E-state index contributed by atoms with van der Waals surface area (Å²) in [4.78, 5) is 38.5. The first-order valence-corrected chi connectivity index (χ1v) is 15.5. The molecule has 3 unspecified atom stereocenters. The number of rotatable bonds is 11. The van der Waals surface area contributed by atoms with Gasteiger partial charge in [-0.1, -0.05) is 36.2 Å². The predicted octanol–water partition coefficient (Wildman–Crippen LogP) is 1.42. The van der Waals surface area contributed by atoms with Gasteiger partial charge in [-0.3, -0.25) is 14.6 Å². The Morgan fingerprint density at radius 3 is 2.86 bits per heavy atom. The van der Waals surface area contributed by atoms with Crippen molar-refractivity contribution in [3.8, 4) is 0 Å². The summed E-state index contributed by atoms with van der Waals surface area (Å²) in [5, 5.41) is 15.8. The number of carbonyl (C=O) groups excluding carboxylic acids is 2. The average molecular weight is 591 g/mol. The molecule has 11 nitrogen and oxygen atoms in total. The number of ketones is 1. The molecular formula is C32H42N6O5. The molecule has 0 radical (unpaired) electrons. The Labute approximate surface area is 252 Å². The lowest BCUT2D eigenvalue weighted by Crippen LogP contribution is -2.50. The molecule has 1 fully saturated rings. The second kappa shape index (κ2) is 12.8. The van der Waals surface area contributed by atoms with Crippen LogP contribution in [0.25, 0.3) is 12.2 Å². The number of oxime groups is 1. The Morgan fingerprint density at radius 1 is 1.19 bits per heavy atom. The highest BCUT2D eigenvalue weighted by atomic mass is 16.7. The Bertz CT molecular complexity index is 1420.